The number of ketones is 1. The second kappa shape index (κ2) is 6.31. The molecule has 0 amide bonds. The van der Waals surface area contributed by atoms with Crippen LogP contribution in [-0.4, -0.2) is 5.78 Å². The quantitative estimate of drug-likeness (QED) is 0.801. The van der Waals surface area contributed by atoms with Gasteiger partial charge in [-0.15, -0.1) is 0 Å². The first-order valence-electron chi connectivity index (χ1n) is 6.47. The van der Waals surface area contributed by atoms with E-state index in [1.54, 1.807) is 12.1 Å². The van der Waals surface area contributed by atoms with Crippen LogP contribution < -0.4 is 0 Å². The molecule has 0 radical (unpaired) electrons. The minimum absolute atomic E-state index is 0.133. The number of carbonyl (C=O) groups is 1. The molecule has 3 heteroatoms. The van der Waals surface area contributed by atoms with Gasteiger partial charge in [0, 0.05) is 12.8 Å². The Kier molecular flexibility index (Phi) is 4.71. The molecule has 0 aliphatic rings. The summed E-state index contributed by atoms with van der Waals surface area (Å²) in [6.07, 6.45) is 0.739. The second-order valence-electron chi connectivity index (χ2n) is 5.14. The van der Waals surface area contributed by atoms with Crippen LogP contribution in [0.3, 0.4) is 0 Å². The van der Waals surface area contributed by atoms with Crippen LogP contribution in [0.1, 0.15) is 22.3 Å². The van der Waals surface area contributed by atoms with Crippen LogP contribution in [0.4, 0.5) is 4.39 Å². The molecule has 0 saturated heterocycles. The fourth-order valence-corrected chi connectivity index (χ4v) is 2.76. The van der Waals surface area contributed by atoms with E-state index in [1.807, 2.05) is 26.0 Å². The Morgan fingerprint density at radius 1 is 1.00 bits per heavy atom. The van der Waals surface area contributed by atoms with Gasteiger partial charge in [-0.05, 0) is 53.0 Å². The third kappa shape index (κ3) is 4.01. The molecule has 0 fully saturated rings. The van der Waals surface area contributed by atoms with Crippen LogP contribution in [0.25, 0.3) is 0 Å². The van der Waals surface area contributed by atoms with E-state index >= 15 is 0 Å². The van der Waals surface area contributed by atoms with Crippen LogP contribution in [-0.2, 0) is 17.6 Å². The molecule has 0 aliphatic carbocycles. The summed E-state index contributed by atoms with van der Waals surface area (Å²) < 4.78 is 13.5. The van der Waals surface area contributed by atoms with E-state index < -0.39 is 0 Å². The standard InChI is InChI=1S/C17H16BrFO/c1-11-5-12(2)7-14(6-11)9-15(20)8-13-3-4-17(19)16(18)10-13/h3-7,10H,8-9H2,1-2H3. The fraction of sp³-hybridized carbons (Fsp3) is 0.235. The van der Waals surface area contributed by atoms with E-state index in [2.05, 4.69) is 22.0 Å². The Labute approximate surface area is 127 Å². The Morgan fingerprint density at radius 2 is 1.60 bits per heavy atom. The maximum Gasteiger partial charge on any atom is 0.141 e. The molecule has 0 unspecified atom stereocenters. The molecule has 1 nitrogen and oxygen atoms in total. The Morgan fingerprint density at radius 3 is 2.20 bits per heavy atom. The summed E-state index contributed by atoms with van der Waals surface area (Å²) in [7, 11) is 0. The molecular formula is C17H16BrFO. The number of hydrogen-bond donors (Lipinski definition) is 0. The zero-order valence-corrected chi connectivity index (χ0v) is 13.1. The number of rotatable bonds is 4. The van der Waals surface area contributed by atoms with Gasteiger partial charge in [0.1, 0.15) is 11.6 Å². The lowest BCUT2D eigenvalue weighted by Crippen LogP contribution is -2.07. The average molecular weight is 335 g/mol. The normalized spacial score (nSPS) is 10.6. The largest absolute Gasteiger partial charge is 0.299 e. The maximum atomic E-state index is 13.1. The third-order valence-electron chi connectivity index (χ3n) is 3.07. The topological polar surface area (TPSA) is 17.1 Å². The first-order chi connectivity index (χ1) is 9.44. The SMILES string of the molecule is Cc1cc(C)cc(CC(=O)Cc2ccc(F)c(Br)c2)c1. The zero-order valence-electron chi connectivity index (χ0n) is 11.5. The number of carbonyl (C=O) groups excluding carboxylic acids is 1. The van der Waals surface area contributed by atoms with Gasteiger partial charge in [0.15, 0.2) is 0 Å². The highest BCUT2D eigenvalue weighted by Gasteiger charge is 2.08. The van der Waals surface area contributed by atoms with E-state index in [0.29, 0.717) is 17.3 Å². The molecule has 0 aliphatic heterocycles. The predicted octanol–water partition coefficient (Wildman–Crippen LogP) is 4.56. The minimum Gasteiger partial charge on any atom is -0.299 e. The van der Waals surface area contributed by atoms with Crippen molar-refractivity contribution in [3.63, 3.8) is 0 Å². The van der Waals surface area contributed by atoms with Gasteiger partial charge in [-0.3, -0.25) is 4.79 Å². The summed E-state index contributed by atoms with van der Waals surface area (Å²) in [6.45, 7) is 4.05. The average Bonchev–Trinajstić information content (AvgIpc) is 2.32. The minimum atomic E-state index is -0.310. The number of Topliss-reactive ketones (excluding diaryl/α,β-unsaturated/α-hetero) is 1. The van der Waals surface area contributed by atoms with Crippen molar-refractivity contribution in [3.05, 3.63) is 68.9 Å². The third-order valence-corrected chi connectivity index (χ3v) is 3.68. The van der Waals surface area contributed by atoms with Gasteiger partial charge in [-0.25, -0.2) is 4.39 Å². The molecule has 0 saturated carbocycles. The lowest BCUT2D eigenvalue weighted by molar-refractivity contribution is -0.117. The number of halogens is 2. The van der Waals surface area contributed by atoms with Gasteiger partial charge in [-0.2, -0.15) is 0 Å². The molecule has 104 valence electrons. The van der Waals surface area contributed by atoms with Gasteiger partial charge < -0.3 is 0 Å². The van der Waals surface area contributed by atoms with Gasteiger partial charge >= 0.3 is 0 Å². The monoisotopic (exact) mass is 334 g/mol. The summed E-state index contributed by atoms with van der Waals surface area (Å²) in [6, 6.07) is 10.8. The molecule has 0 N–H and O–H groups in total. The van der Waals surface area contributed by atoms with Crippen molar-refractivity contribution in [2.45, 2.75) is 26.7 Å². The molecule has 2 aromatic carbocycles. The van der Waals surface area contributed by atoms with Crippen LogP contribution in [0.2, 0.25) is 0 Å². The molecular weight excluding hydrogens is 319 g/mol. The molecule has 0 aromatic heterocycles. The van der Waals surface area contributed by atoms with Crippen molar-refractivity contribution in [3.8, 4) is 0 Å². The zero-order chi connectivity index (χ0) is 14.7. The van der Waals surface area contributed by atoms with Gasteiger partial charge in [0.05, 0.1) is 4.47 Å². The summed E-state index contributed by atoms with van der Waals surface area (Å²) in [5.74, 6) is -0.177. The van der Waals surface area contributed by atoms with Crippen molar-refractivity contribution < 1.29 is 9.18 Å². The van der Waals surface area contributed by atoms with E-state index in [1.165, 1.54) is 6.07 Å². The molecule has 2 aromatic rings. The highest BCUT2D eigenvalue weighted by molar-refractivity contribution is 9.10. The van der Waals surface area contributed by atoms with E-state index in [0.717, 1.165) is 22.3 Å². The molecule has 0 heterocycles. The first kappa shape index (κ1) is 14.9. The van der Waals surface area contributed by atoms with Gasteiger partial charge in [0.25, 0.3) is 0 Å². The van der Waals surface area contributed by atoms with E-state index in [9.17, 15) is 9.18 Å². The van der Waals surface area contributed by atoms with Gasteiger partial charge in [0.2, 0.25) is 0 Å². The summed E-state index contributed by atoms with van der Waals surface area (Å²) in [5, 5.41) is 0. The molecule has 2 rings (SSSR count). The predicted molar refractivity (Wildman–Crippen MR) is 82.4 cm³/mol. The Balaban J connectivity index is 2.06. The van der Waals surface area contributed by atoms with Crippen LogP contribution in [0, 0.1) is 19.7 Å². The molecule has 0 spiro atoms. The van der Waals surface area contributed by atoms with E-state index in [-0.39, 0.29) is 11.6 Å². The lowest BCUT2D eigenvalue weighted by Gasteiger charge is -2.05. The summed E-state index contributed by atoms with van der Waals surface area (Å²) in [5.41, 5.74) is 4.19. The second-order valence-corrected chi connectivity index (χ2v) is 5.99. The van der Waals surface area contributed by atoms with Crippen molar-refractivity contribution in [1.29, 1.82) is 0 Å². The molecule has 20 heavy (non-hydrogen) atoms. The number of hydrogen-bond acceptors (Lipinski definition) is 1. The summed E-state index contributed by atoms with van der Waals surface area (Å²) in [4.78, 5) is 12.1. The maximum absolute atomic E-state index is 13.1. The fourth-order valence-electron chi connectivity index (χ4n) is 2.34. The lowest BCUT2D eigenvalue weighted by atomic mass is 10.00. The Hall–Kier alpha value is -1.48. The highest BCUT2D eigenvalue weighted by Crippen LogP contribution is 2.18. The highest BCUT2D eigenvalue weighted by atomic mass is 79.9. The van der Waals surface area contributed by atoms with Crippen LogP contribution in [0.5, 0.6) is 0 Å². The smallest absolute Gasteiger partial charge is 0.141 e. The van der Waals surface area contributed by atoms with Crippen molar-refractivity contribution in [2.75, 3.05) is 0 Å². The van der Waals surface area contributed by atoms with Gasteiger partial charge in [-0.1, -0.05) is 35.4 Å². The number of benzene rings is 2. The van der Waals surface area contributed by atoms with Crippen molar-refractivity contribution >= 4 is 21.7 Å². The van der Waals surface area contributed by atoms with Crippen molar-refractivity contribution in [2.24, 2.45) is 0 Å². The molecule has 0 atom stereocenters. The molecule has 0 bridgehead atoms. The summed E-state index contributed by atoms with van der Waals surface area (Å²) >= 11 is 3.14. The van der Waals surface area contributed by atoms with E-state index in [4.69, 9.17) is 0 Å². The number of aryl methyl sites for hydroxylation is 2. The van der Waals surface area contributed by atoms with Crippen molar-refractivity contribution in [1.82, 2.24) is 0 Å². The van der Waals surface area contributed by atoms with Crippen LogP contribution in [0.15, 0.2) is 40.9 Å². The Bertz CT molecular complexity index is 629. The first-order valence-corrected chi connectivity index (χ1v) is 7.26. The van der Waals surface area contributed by atoms with Crippen LogP contribution >= 0.6 is 15.9 Å².